The Balaban J connectivity index is 2.23. The normalized spacial score (nSPS) is 16.8. The van der Waals surface area contributed by atoms with E-state index in [1.165, 1.54) is 0 Å². The van der Waals surface area contributed by atoms with Crippen LogP contribution in [0.1, 0.15) is 11.1 Å². The van der Waals surface area contributed by atoms with E-state index in [9.17, 15) is 9.59 Å². The van der Waals surface area contributed by atoms with Crippen LogP contribution in [0, 0.1) is 0 Å². The topological polar surface area (TPSA) is 60.3 Å². The maximum Gasteiger partial charge on any atom is 0.345 e. The monoisotopic (exact) mass is 251 g/mol. The average molecular weight is 251 g/mol. The van der Waals surface area contributed by atoms with E-state index >= 15 is 0 Å². The number of carbonyl (C=O) groups excluding carboxylic acids is 2. The number of urea groups is 1. The van der Waals surface area contributed by atoms with Crippen LogP contribution in [0.5, 0.6) is 0 Å². The molecule has 1 saturated heterocycles. The SMILES string of the molecule is O=C1[N]C(=O)C(c2ccccc2)(c2ccccc2)N1. The molecule has 1 aliphatic heterocycles. The molecule has 1 aliphatic rings. The van der Waals surface area contributed by atoms with Crippen molar-refractivity contribution >= 4 is 11.9 Å². The summed E-state index contributed by atoms with van der Waals surface area (Å²) in [5.41, 5.74) is 0.223. The Bertz CT molecular complexity index is 584. The van der Waals surface area contributed by atoms with Crippen molar-refractivity contribution in [1.29, 1.82) is 0 Å². The maximum absolute atomic E-state index is 12.3. The van der Waals surface area contributed by atoms with Crippen molar-refractivity contribution in [2.45, 2.75) is 5.54 Å². The largest absolute Gasteiger partial charge is 0.345 e. The minimum absolute atomic E-state index is 0.477. The van der Waals surface area contributed by atoms with E-state index in [4.69, 9.17) is 0 Å². The van der Waals surface area contributed by atoms with Gasteiger partial charge in [-0.25, -0.2) is 4.79 Å². The maximum atomic E-state index is 12.3. The average Bonchev–Trinajstić information content (AvgIpc) is 2.76. The second-order valence-corrected chi connectivity index (χ2v) is 4.33. The van der Waals surface area contributed by atoms with Crippen LogP contribution in [0.2, 0.25) is 0 Å². The fourth-order valence-corrected chi connectivity index (χ4v) is 2.35. The minimum atomic E-state index is -1.19. The van der Waals surface area contributed by atoms with Crippen molar-refractivity contribution in [3.63, 3.8) is 0 Å². The van der Waals surface area contributed by atoms with Crippen LogP contribution >= 0.6 is 0 Å². The van der Waals surface area contributed by atoms with E-state index in [0.717, 1.165) is 0 Å². The molecule has 2 aromatic rings. The molecule has 1 radical (unpaired) electrons. The summed E-state index contributed by atoms with van der Waals surface area (Å²) in [6.07, 6.45) is 0. The number of nitrogens with one attached hydrogen (secondary N) is 1. The molecular weight excluding hydrogens is 240 g/mol. The van der Waals surface area contributed by atoms with Gasteiger partial charge >= 0.3 is 6.03 Å². The lowest BCUT2D eigenvalue weighted by Crippen LogP contribution is -2.44. The van der Waals surface area contributed by atoms with Gasteiger partial charge in [-0.2, -0.15) is 5.32 Å². The number of amides is 3. The van der Waals surface area contributed by atoms with Crippen molar-refractivity contribution in [3.8, 4) is 0 Å². The van der Waals surface area contributed by atoms with E-state index in [1.54, 1.807) is 0 Å². The van der Waals surface area contributed by atoms with Gasteiger partial charge in [0.1, 0.15) is 0 Å². The molecule has 0 unspecified atom stereocenters. The molecule has 0 aliphatic carbocycles. The summed E-state index contributed by atoms with van der Waals surface area (Å²) in [6.45, 7) is 0. The van der Waals surface area contributed by atoms with Gasteiger partial charge in [0.15, 0.2) is 5.54 Å². The molecule has 1 N–H and O–H groups in total. The second kappa shape index (κ2) is 4.24. The van der Waals surface area contributed by atoms with Crippen molar-refractivity contribution in [2.75, 3.05) is 0 Å². The fraction of sp³-hybridized carbons (Fsp3) is 0.0667. The smallest absolute Gasteiger partial charge is 0.314 e. The quantitative estimate of drug-likeness (QED) is 0.827. The number of carbonyl (C=O) groups is 2. The van der Waals surface area contributed by atoms with Gasteiger partial charge in [0.25, 0.3) is 5.91 Å². The summed E-state index contributed by atoms with van der Waals surface area (Å²) < 4.78 is 0. The van der Waals surface area contributed by atoms with Gasteiger partial charge in [-0.3, -0.25) is 4.79 Å². The zero-order chi connectivity index (χ0) is 13.3. The zero-order valence-electron chi connectivity index (χ0n) is 10.0. The van der Waals surface area contributed by atoms with Crippen LogP contribution < -0.4 is 10.6 Å². The van der Waals surface area contributed by atoms with E-state index < -0.39 is 17.5 Å². The first-order valence-corrected chi connectivity index (χ1v) is 5.93. The van der Waals surface area contributed by atoms with Crippen molar-refractivity contribution in [2.24, 2.45) is 0 Å². The van der Waals surface area contributed by atoms with E-state index in [2.05, 4.69) is 10.6 Å². The van der Waals surface area contributed by atoms with E-state index in [0.29, 0.717) is 11.1 Å². The summed E-state index contributed by atoms with van der Waals surface area (Å²) in [4.78, 5) is 23.8. The molecule has 4 heteroatoms. The third-order valence-electron chi connectivity index (χ3n) is 3.23. The number of nitrogens with zero attached hydrogens (tertiary/aromatic N) is 1. The highest BCUT2D eigenvalue weighted by atomic mass is 16.2. The summed E-state index contributed by atoms with van der Waals surface area (Å²) in [5.74, 6) is -0.477. The van der Waals surface area contributed by atoms with E-state index in [-0.39, 0.29) is 0 Å². The van der Waals surface area contributed by atoms with Gasteiger partial charge in [0.05, 0.1) is 0 Å². The number of benzene rings is 2. The molecule has 0 bridgehead atoms. The molecule has 19 heavy (non-hydrogen) atoms. The highest BCUT2D eigenvalue weighted by molar-refractivity contribution is 6.09. The molecule has 1 fully saturated rings. The lowest BCUT2D eigenvalue weighted by atomic mass is 9.83. The second-order valence-electron chi connectivity index (χ2n) is 4.33. The summed E-state index contributed by atoms with van der Waals surface area (Å²) in [6, 6.07) is 17.7. The Morgan fingerprint density at radius 2 is 1.26 bits per heavy atom. The molecule has 1 heterocycles. The predicted octanol–water partition coefficient (Wildman–Crippen LogP) is 1.78. The van der Waals surface area contributed by atoms with Gasteiger partial charge in [-0.15, -0.1) is 0 Å². The number of hydrogen-bond acceptors (Lipinski definition) is 2. The molecule has 2 aromatic carbocycles. The molecule has 3 amide bonds. The minimum Gasteiger partial charge on any atom is -0.314 e. The van der Waals surface area contributed by atoms with Gasteiger partial charge in [0, 0.05) is 0 Å². The summed E-state index contributed by atoms with van der Waals surface area (Å²) >= 11 is 0. The highest BCUT2D eigenvalue weighted by Crippen LogP contribution is 2.32. The Morgan fingerprint density at radius 1 is 0.789 bits per heavy atom. The van der Waals surface area contributed by atoms with Gasteiger partial charge in [-0.05, 0) is 11.1 Å². The first-order chi connectivity index (χ1) is 9.23. The molecule has 4 nitrogen and oxygen atoms in total. The van der Waals surface area contributed by atoms with Gasteiger partial charge in [0.2, 0.25) is 0 Å². The van der Waals surface area contributed by atoms with Crippen LogP contribution in [0.4, 0.5) is 4.79 Å². The standard InChI is InChI=1S/C15H11N2O2/c18-13-15(17-14(19)16-13,11-7-3-1-4-8-11)12-9-5-2-6-10-12/h1-10H,(H,17,19). The van der Waals surface area contributed by atoms with Crippen molar-refractivity contribution in [1.82, 2.24) is 10.6 Å². The van der Waals surface area contributed by atoms with Crippen LogP contribution in [-0.2, 0) is 10.3 Å². The third-order valence-corrected chi connectivity index (χ3v) is 3.23. The number of imide groups is 1. The Kier molecular flexibility index (Phi) is 2.56. The van der Waals surface area contributed by atoms with Crippen LogP contribution in [-0.4, -0.2) is 11.9 Å². The molecule has 0 aromatic heterocycles. The van der Waals surface area contributed by atoms with Gasteiger partial charge < -0.3 is 5.32 Å². The van der Waals surface area contributed by atoms with Crippen molar-refractivity contribution < 1.29 is 9.59 Å². The van der Waals surface area contributed by atoms with Crippen molar-refractivity contribution in [3.05, 3.63) is 71.8 Å². The molecule has 0 saturated carbocycles. The van der Waals surface area contributed by atoms with Crippen LogP contribution in [0.15, 0.2) is 60.7 Å². The van der Waals surface area contributed by atoms with Gasteiger partial charge in [-0.1, -0.05) is 60.7 Å². The molecule has 0 spiro atoms. The number of hydrogen-bond donors (Lipinski definition) is 1. The lowest BCUT2D eigenvalue weighted by molar-refractivity contribution is -0.123. The Labute approximate surface area is 110 Å². The molecule has 93 valence electrons. The summed E-state index contributed by atoms with van der Waals surface area (Å²) in [5, 5.41) is 6.20. The summed E-state index contributed by atoms with van der Waals surface area (Å²) in [7, 11) is 0. The molecule has 0 atom stereocenters. The predicted molar refractivity (Wildman–Crippen MR) is 69.3 cm³/mol. The molecule has 3 rings (SSSR count). The van der Waals surface area contributed by atoms with E-state index in [1.807, 2.05) is 60.7 Å². The lowest BCUT2D eigenvalue weighted by Gasteiger charge is -2.26. The van der Waals surface area contributed by atoms with Crippen LogP contribution in [0.25, 0.3) is 0 Å². The Morgan fingerprint density at radius 3 is 1.63 bits per heavy atom. The third kappa shape index (κ3) is 1.69. The molecular formula is C15H11N2O2. The Hall–Kier alpha value is -2.62. The first-order valence-electron chi connectivity index (χ1n) is 5.93. The fourth-order valence-electron chi connectivity index (χ4n) is 2.35. The highest BCUT2D eigenvalue weighted by Gasteiger charge is 2.50. The van der Waals surface area contributed by atoms with Crippen LogP contribution in [0.3, 0.4) is 0 Å². The zero-order valence-corrected chi connectivity index (χ0v) is 10.0. The first kappa shape index (κ1) is 11.5. The number of rotatable bonds is 2.